The van der Waals surface area contributed by atoms with Crippen molar-refractivity contribution in [2.45, 2.75) is 19.9 Å². The van der Waals surface area contributed by atoms with Crippen molar-refractivity contribution in [2.24, 2.45) is 0 Å². The lowest BCUT2D eigenvalue weighted by Crippen LogP contribution is -2.26. The first-order valence-electron chi connectivity index (χ1n) is 8.87. The number of thiazole rings is 1. The van der Waals surface area contributed by atoms with E-state index in [0.717, 1.165) is 16.8 Å². The fourth-order valence-electron chi connectivity index (χ4n) is 2.88. The lowest BCUT2D eigenvalue weighted by atomic mass is 10.1. The van der Waals surface area contributed by atoms with E-state index in [1.165, 1.54) is 11.3 Å². The van der Waals surface area contributed by atoms with Crippen molar-refractivity contribution in [1.29, 1.82) is 0 Å². The van der Waals surface area contributed by atoms with Crippen LogP contribution in [-0.2, 0) is 24.2 Å². The Morgan fingerprint density at radius 2 is 1.93 bits per heavy atom. The molecule has 0 saturated carbocycles. The molecule has 2 aromatic carbocycles. The molecule has 1 aromatic heterocycles. The summed E-state index contributed by atoms with van der Waals surface area (Å²) in [5.74, 6) is -0.757. The molecule has 0 saturated heterocycles. The number of aromatic nitrogens is 1. The summed E-state index contributed by atoms with van der Waals surface area (Å²) in [6, 6.07) is 17.6. The molecular weight excluding hydrogens is 410 g/mol. The molecule has 0 aliphatic heterocycles. The van der Waals surface area contributed by atoms with Crippen LogP contribution in [0.15, 0.2) is 54.6 Å². The summed E-state index contributed by atoms with van der Waals surface area (Å²) in [7, 11) is 0. The molecule has 9 heteroatoms. The molecule has 7 nitrogen and oxygen atoms in total. The van der Waals surface area contributed by atoms with Crippen LogP contribution < -0.4 is 9.62 Å². The first kappa shape index (κ1) is 21.1. The number of rotatable bonds is 8. The van der Waals surface area contributed by atoms with Gasteiger partial charge in [-0.3, -0.25) is 13.7 Å². The van der Waals surface area contributed by atoms with E-state index >= 15 is 0 Å². The maximum absolute atomic E-state index is 12.1. The van der Waals surface area contributed by atoms with Gasteiger partial charge in [0.1, 0.15) is 5.69 Å². The second-order valence-electron chi connectivity index (χ2n) is 6.28. The highest BCUT2D eigenvalue weighted by Crippen LogP contribution is 2.33. The molecule has 1 unspecified atom stereocenters. The lowest BCUT2D eigenvalue weighted by Gasteiger charge is -2.23. The Hall–Kier alpha value is -2.59. The van der Waals surface area contributed by atoms with E-state index in [4.69, 9.17) is 0 Å². The minimum Gasteiger partial charge on any atom is -0.755 e. The maximum atomic E-state index is 12.1. The van der Waals surface area contributed by atoms with Crippen molar-refractivity contribution in [1.82, 2.24) is 9.71 Å². The Morgan fingerprint density at radius 3 is 2.62 bits per heavy atom. The standard InChI is InChI=1S/C20H21N3O4S2/c1-14-18(19(25)22-29(26)27)21-20(28-14)23(13-16-6-3-2-4-7-16)17-9-5-8-15(12-17)10-11-24/h2-9,12,24H,10-11,13H2,1H3,(H,22,25)(H,26,27)/p-1. The summed E-state index contributed by atoms with van der Waals surface area (Å²) in [5.41, 5.74) is 2.99. The zero-order valence-corrected chi connectivity index (χ0v) is 17.3. The van der Waals surface area contributed by atoms with Gasteiger partial charge in [0.15, 0.2) is 5.13 Å². The molecule has 152 valence electrons. The van der Waals surface area contributed by atoms with Crippen LogP contribution in [0.1, 0.15) is 26.5 Å². The zero-order chi connectivity index (χ0) is 20.8. The summed E-state index contributed by atoms with van der Waals surface area (Å²) in [4.78, 5) is 19.1. The van der Waals surface area contributed by atoms with Crippen LogP contribution in [0.3, 0.4) is 0 Å². The Balaban J connectivity index is 2.00. The lowest BCUT2D eigenvalue weighted by molar-refractivity contribution is 0.0976. The number of nitrogens with zero attached hydrogens (tertiary/aromatic N) is 2. The number of nitrogens with one attached hydrogen (secondary N) is 1. The maximum Gasteiger partial charge on any atom is 0.281 e. The van der Waals surface area contributed by atoms with Gasteiger partial charge >= 0.3 is 0 Å². The van der Waals surface area contributed by atoms with Gasteiger partial charge in [0.25, 0.3) is 5.91 Å². The zero-order valence-electron chi connectivity index (χ0n) is 15.7. The van der Waals surface area contributed by atoms with E-state index in [0.29, 0.717) is 23.0 Å². The minimum atomic E-state index is -2.70. The van der Waals surface area contributed by atoms with Gasteiger partial charge in [-0.2, -0.15) is 0 Å². The molecule has 3 rings (SSSR count). The number of carbonyl (C=O) groups excluding carboxylic acids is 1. The number of aryl methyl sites for hydroxylation is 1. The van der Waals surface area contributed by atoms with Crippen molar-refractivity contribution in [3.05, 3.63) is 76.3 Å². The highest BCUT2D eigenvalue weighted by atomic mass is 32.2. The molecule has 2 N–H and O–H groups in total. The summed E-state index contributed by atoms with van der Waals surface area (Å²) < 4.78 is 23.5. The molecule has 0 aliphatic rings. The molecule has 0 bridgehead atoms. The summed E-state index contributed by atoms with van der Waals surface area (Å²) in [6.45, 7) is 2.30. The SMILES string of the molecule is Cc1sc(N(Cc2ccccc2)c2cccc(CCO)c2)nc1C(=O)NS(=O)[O-]. The van der Waals surface area contributed by atoms with Crippen molar-refractivity contribution in [3.63, 3.8) is 0 Å². The Morgan fingerprint density at radius 1 is 1.21 bits per heavy atom. The third-order valence-electron chi connectivity index (χ3n) is 4.21. The fourth-order valence-corrected chi connectivity index (χ4v) is 4.05. The van der Waals surface area contributed by atoms with Crippen LogP contribution in [0.25, 0.3) is 0 Å². The average molecular weight is 431 g/mol. The van der Waals surface area contributed by atoms with Gasteiger partial charge in [0.05, 0.1) is 6.54 Å². The first-order valence-corrected chi connectivity index (χ1v) is 10.8. The summed E-state index contributed by atoms with van der Waals surface area (Å²) >= 11 is -1.39. The monoisotopic (exact) mass is 430 g/mol. The first-order chi connectivity index (χ1) is 14.0. The number of aliphatic hydroxyl groups excluding tert-OH is 1. The molecule has 0 fully saturated rings. The molecule has 29 heavy (non-hydrogen) atoms. The van der Waals surface area contributed by atoms with E-state index in [1.54, 1.807) is 6.92 Å². The number of carbonyl (C=O) groups is 1. The Bertz CT molecular complexity index is 1010. The fraction of sp³-hybridized carbons (Fsp3) is 0.200. The Labute approximate surface area is 175 Å². The number of benzene rings is 2. The van der Waals surface area contributed by atoms with Crippen LogP contribution in [0.4, 0.5) is 10.8 Å². The van der Waals surface area contributed by atoms with Crippen molar-refractivity contribution >= 4 is 39.3 Å². The molecule has 0 radical (unpaired) electrons. The number of anilines is 2. The van der Waals surface area contributed by atoms with E-state index in [-0.39, 0.29) is 12.3 Å². The Kier molecular flexibility index (Phi) is 7.10. The topological polar surface area (TPSA) is 106 Å². The summed E-state index contributed by atoms with van der Waals surface area (Å²) in [6.07, 6.45) is 0.535. The van der Waals surface area contributed by atoms with Crippen molar-refractivity contribution < 1.29 is 18.7 Å². The molecule has 0 spiro atoms. The van der Waals surface area contributed by atoms with E-state index in [1.807, 2.05) is 64.2 Å². The van der Waals surface area contributed by atoms with Gasteiger partial charge in [0.2, 0.25) is 0 Å². The predicted molar refractivity (Wildman–Crippen MR) is 113 cm³/mol. The van der Waals surface area contributed by atoms with Crippen LogP contribution in [-0.4, -0.2) is 31.4 Å². The van der Waals surface area contributed by atoms with Gasteiger partial charge < -0.3 is 14.6 Å². The minimum absolute atomic E-state index is 0.0507. The number of aliphatic hydroxyl groups is 1. The smallest absolute Gasteiger partial charge is 0.281 e. The quantitative estimate of drug-likeness (QED) is 0.533. The van der Waals surface area contributed by atoms with Crippen LogP contribution in [0.5, 0.6) is 0 Å². The van der Waals surface area contributed by atoms with E-state index < -0.39 is 17.2 Å². The third kappa shape index (κ3) is 5.48. The van der Waals surface area contributed by atoms with Crippen molar-refractivity contribution in [3.8, 4) is 0 Å². The van der Waals surface area contributed by atoms with Gasteiger partial charge in [0, 0.05) is 28.4 Å². The van der Waals surface area contributed by atoms with Gasteiger partial charge in [-0.1, -0.05) is 42.5 Å². The molecule has 1 amide bonds. The summed E-state index contributed by atoms with van der Waals surface area (Å²) in [5, 5.41) is 9.83. The van der Waals surface area contributed by atoms with Crippen LogP contribution in [0, 0.1) is 6.92 Å². The predicted octanol–water partition coefficient (Wildman–Crippen LogP) is 2.85. The highest BCUT2D eigenvalue weighted by Gasteiger charge is 2.21. The third-order valence-corrected chi connectivity index (χ3v) is 5.56. The van der Waals surface area contributed by atoms with E-state index in [9.17, 15) is 18.7 Å². The molecule has 1 atom stereocenters. The number of hydrogen-bond acceptors (Lipinski definition) is 7. The number of hydrogen-bond donors (Lipinski definition) is 2. The molecule has 0 aliphatic carbocycles. The van der Waals surface area contributed by atoms with E-state index in [2.05, 4.69) is 4.98 Å². The second kappa shape index (κ2) is 9.75. The van der Waals surface area contributed by atoms with Crippen LogP contribution >= 0.6 is 11.3 Å². The largest absolute Gasteiger partial charge is 0.755 e. The second-order valence-corrected chi connectivity index (χ2v) is 8.14. The molecular formula is C20H20N3O4S2-. The molecule has 1 heterocycles. The van der Waals surface area contributed by atoms with Gasteiger partial charge in [-0.05, 0) is 36.6 Å². The molecule has 3 aromatic rings. The highest BCUT2D eigenvalue weighted by molar-refractivity contribution is 7.77. The normalized spacial score (nSPS) is 11.8. The van der Waals surface area contributed by atoms with Crippen LogP contribution in [0.2, 0.25) is 0 Å². The average Bonchev–Trinajstić information content (AvgIpc) is 3.08. The number of amides is 1. The van der Waals surface area contributed by atoms with Crippen molar-refractivity contribution in [2.75, 3.05) is 11.5 Å². The van der Waals surface area contributed by atoms with Gasteiger partial charge in [-0.25, -0.2) is 4.98 Å². The van der Waals surface area contributed by atoms with Gasteiger partial charge in [-0.15, -0.1) is 11.3 Å².